The van der Waals surface area contributed by atoms with Crippen LogP contribution in [0.3, 0.4) is 0 Å². The van der Waals surface area contributed by atoms with Crippen molar-refractivity contribution in [2.45, 2.75) is 46.1 Å². The largest absolute Gasteiger partial charge is 0.360 e. The van der Waals surface area contributed by atoms with Gasteiger partial charge in [0.05, 0.1) is 18.4 Å². The summed E-state index contributed by atoms with van der Waals surface area (Å²) >= 11 is 0. The van der Waals surface area contributed by atoms with Crippen LogP contribution in [0.2, 0.25) is 0 Å². The fraction of sp³-hybridized carbons (Fsp3) is 0.464. The van der Waals surface area contributed by atoms with E-state index in [4.69, 9.17) is 19.7 Å². The second-order valence-electron chi connectivity index (χ2n) is 9.83. The van der Waals surface area contributed by atoms with Crippen molar-refractivity contribution < 1.29 is 9.13 Å². The summed E-state index contributed by atoms with van der Waals surface area (Å²) in [4.78, 5) is 27.3. The predicted molar refractivity (Wildman–Crippen MR) is 143 cm³/mol. The van der Waals surface area contributed by atoms with Gasteiger partial charge < -0.3 is 14.5 Å². The Hall–Kier alpha value is -3.30. The normalized spacial score (nSPS) is 25.5. The summed E-state index contributed by atoms with van der Waals surface area (Å²) in [6, 6.07) is 5.77. The van der Waals surface area contributed by atoms with E-state index in [1.165, 1.54) is 43.9 Å². The molecule has 37 heavy (non-hydrogen) atoms. The van der Waals surface area contributed by atoms with Crippen molar-refractivity contribution in [3.63, 3.8) is 0 Å². The van der Waals surface area contributed by atoms with Crippen LogP contribution in [0.4, 0.5) is 4.39 Å². The number of fused-ring (bicyclic) bond motifs is 3. The molecule has 3 saturated heterocycles. The molecule has 0 radical (unpaired) electrons. The fourth-order valence-electron chi connectivity index (χ4n) is 5.48. The maximum Gasteiger partial charge on any atom is 0.160 e. The van der Waals surface area contributed by atoms with Gasteiger partial charge in [0, 0.05) is 42.2 Å². The first kappa shape index (κ1) is 25.4. The van der Waals surface area contributed by atoms with Gasteiger partial charge in [0.2, 0.25) is 0 Å². The molecule has 2 aromatic heterocycles. The van der Waals surface area contributed by atoms with Crippen LogP contribution in [0.1, 0.15) is 55.1 Å². The quantitative estimate of drug-likeness (QED) is 0.396. The smallest absolute Gasteiger partial charge is 0.160 e. The molecule has 0 amide bonds. The van der Waals surface area contributed by atoms with Gasteiger partial charge >= 0.3 is 0 Å². The third kappa shape index (κ3) is 5.24. The zero-order valence-electron chi connectivity index (χ0n) is 21.8. The number of amidine groups is 2. The van der Waals surface area contributed by atoms with E-state index < -0.39 is 5.82 Å². The van der Waals surface area contributed by atoms with E-state index in [0.717, 1.165) is 23.7 Å². The molecule has 0 aromatic carbocycles. The number of allylic oxidation sites excluding steroid dienone is 1. The maximum absolute atomic E-state index is 14.2. The molecule has 2 aromatic rings. The number of hydrogen-bond donors (Lipinski definition) is 0. The molecule has 0 saturated carbocycles. The first-order valence-electron chi connectivity index (χ1n) is 12.9. The molecule has 0 aliphatic carbocycles. The Morgan fingerprint density at radius 3 is 2.70 bits per heavy atom. The molecule has 4 aliphatic heterocycles. The summed E-state index contributed by atoms with van der Waals surface area (Å²) in [5.41, 5.74) is 4.99. The number of pyridine rings is 2. The lowest BCUT2D eigenvalue weighted by Crippen LogP contribution is -2.46. The Morgan fingerprint density at radius 1 is 1.24 bits per heavy atom. The number of nitrogens with zero attached hydrogens (tertiary/aromatic N) is 7. The van der Waals surface area contributed by atoms with E-state index in [1.54, 1.807) is 6.20 Å². The van der Waals surface area contributed by atoms with Gasteiger partial charge in [0.15, 0.2) is 5.84 Å². The van der Waals surface area contributed by atoms with E-state index in [-0.39, 0.29) is 6.73 Å². The van der Waals surface area contributed by atoms with Gasteiger partial charge in [-0.15, -0.1) is 0 Å². The predicted octanol–water partition coefficient (Wildman–Crippen LogP) is 4.32. The summed E-state index contributed by atoms with van der Waals surface area (Å²) in [6.07, 6.45) is 5.31. The van der Waals surface area contributed by atoms with E-state index in [1.807, 2.05) is 18.7 Å². The molecule has 1 unspecified atom stereocenters. The van der Waals surface area contributed by atoms with Crippen LogP contribution in [0.15, 0.2) is 57.0 Å². The van der Waals surface area contributed by atoms with E-state index in [9.17, 15) is 4.39 Å². The van der Waals surface area contributed by atoms with Crippen LogP contribution in [0.25, 0.3) is 0 Å². The second-order valence-corrected chi connectivity index (χ2v) is 9.83. The highest BCUT2D eigenvalue weighted by Crippen LogP contribution is 2.38. The van der Waals surface area contributed by atoms with Gasteiger partial charge in [0.1, 0.15) is 24.1 Å². The maximum atomic E-state index is 14.2. The summed E-state index contributed by atoms with van der Waals surface area (Å²) in [6.45, 7) is 14.2. The minimum Gasteiger partial charge on any atom is -0.360 e. The van der Waals surface area contributed by atoms with Crippen molar-refractivity contribution >= 4 is 18.4 Å². The lowest BCUT2D eigenvalue weighted by atomic mass is 9.77. The number of aliphatic imine (C=N–C) groups is 3. The molecule has 9 heteroatoms. The zero-order chi connectivity index (χ0) is 25.9. The Morgan fingerprint density at radius 2 is 2.05 bits per heavy atom. The summed E-state index contributed by atoms with van der Waals surface area (Å²) < 4.78 is 19.7. The molecule has 1 atom stereocenters. The number of hydrogen-bond acceptors (Lipinski definition) is 7. The van der Waals surface area contributed by atoms with E-state index >= 15 is 0 Å². The lowest BCUT2D eigenvalue weighted by molar-refractivity contribution is 0.0854. The summed E-state index contributed by atoms with van der Waals surface area (Å²) in [5.74, 6) is 1.96. The molecule has 2 bridgehead atoms. The van der Waals surface area contributed by atoms with Gasteiger partial charge in [0.25, 0.3) is 0 Å². The number of halogens is 1. The molecule has 0 N–H and O–H groups in total. The average molecular weight is 504 g/mol. The molecular weight excluding hydrogens is 469 g/mol. The topological polar surface area (TPSA) is 78.6 Å². The molecule has 6 heterocycles. The number of piperidine rings is 3. The van der Waals surface area contributed by atoms with Gasteiger partial charge in [-0.05, 0) is 77.0 Å². The molecule has 3 fully saturated rings. The van der Waals surface area contributed by atoms with Crippen molar-refractivity contribution in [2.24, 2.45) is 20.9 Å². The number of aromatic nitrogens is 2. The first-order chi connectivity index (χ1) is 18.0. The third-order valence-corrected chi connectivity index (χ3v) is 7.57. The highest BCUT2D eigenvalue weighted by Gasteiger charge is 2.36. The zero-order valence-corrected chi connectivity index (χ0v) is 21.8. The van der Waals surface area contributed by atoms with Crippen molar-refractivity contribution in [2.75, 3.05) is 33.0 Å². The van der Waals surface area contributed by atoms with Crippen molar-refractivity contribution in [3.8, 4) is 0 Å². The average Bonchev–Trinajstić information content (AvgIpc) is 3.28. The van der Waals surface area contributed by atoms with Crippen LogP contribution in [0, 0.1) is 18.7 Å². The molecule has 4 aliphatic rings. The SMILES string of the molecule is C=N/C(C)=C1/N=C(c2cncc(F)c2)N(Cc2ccc(C3CN4CCC3CC4)nc2C)/C1=N/COCC. The highest BCUT2D eigenvalue weighted by molar-refractivity contribution is 6.20. The summed E-state index contributed by atoms with van der Waals surface area (Å²) in [5, 5.41) is 0. The highest BCUT2D eigenvalue weighted by atomic mass is 19.1. The Labute approximate surface area is 217 Å². The second kappa shape index (κ2) is 11.0. The summed E-state index contributed by atoms with van der Waals surface area (Å²) in [7, 11) is 0. The van der Waals surface area contributed by atoms with Crippen molar-refractivity contribution in [1.29, 1.82) is 0 Å². The van der Waals surface area contributed by atoms with Crippen LogP contribution in [0.5, 0.6) is 0 Å². The first-order valence-corrected chi connectivity index (χ1v) is 12.9. The van der Waals surface area contributed by atoms with E-state index in [0.29, 0.717) is 47.7 Å². The monoisotopic (exact) mass is 503 g/mol. The number of aryl methyl sites for hydroxylation is 1. The van der Waals surface area contributed by atoms with Crippen LogP contribution in [-0.4, -0.2) is 71.1 Å². The number of ether oxygens (including phenoxy) is 1. The Balaban J connectivity index is 1.50. The van der Waals surface area contributed by atoms with Crippen molar-refractivity contribution in [1.82, 2.24) is 19.8 Å². The minimum absolute atomic E-state index is 0.177. The fourth-order valence-corrected chi connectivity index (χ4v) is 5.48. The Bertz CT molecular complexity index is 1260. The standard InChI is InChI=1S/C28H34FN7O/c1-5-37-17-32-28-26(19(3)30-4)34-27(22-12-23(29)14-31-13-22)36(28)15-21-6-7-25(33-18(21)2)24-16-35-10-8-20(24)9-11-35/h6-7,12-14,20,24H,4-5,8-11,15-17H2,1-3H3/b26-19+,32-28+. The van der Waals surface area contributed by atoms with Gasteiger partial charge in [-0.2, -0.15) is 0 Å². The van der Waals surface area contributed by atoms with Gasteiger partial charge in [-0.1, -0.05) is 6.07 Å². The minimum atomic E-state index is -0.427. The molecular formula is C28H34FN7O. The third-order valence-electron chi connectivity index (χ3n) is 7.57. The van der Waals surface area contributed by atoms with E-state index in [2.05, 4.69) is 40.7 Å². The molecule has 6 rings (SSSR count). The molecule has 194 valence electrons. The van der Waals surface area contributed by atoms with Crippen LogP contribution < -0.4 is 0 Å². The molecule has 8 nitrogen and oxygen atoms in total. The molecule has 0 spiro atoms. The Kier molecular flexibility index (Phi) is 7.53. The van der Waals surface area contributed by atoms with Crippen LogP contribution in [-0.2, 0) is 11.3 Å². The van der Waals surface area contributed by atoms with Crippen molar-refractivity contribution in [3.05, 3.63) is 70.3 Å². The van der Waals surface area contributed by atoms with Crippen LogP contribution >= 0.6 is 0 Å². The van der Waals surface area contributed by atoms with Gasteiger partial charge in [-0.3, -0.25) is 15.0 Å². The van der Waals surface area contributed by atoms with Gasteiger partial charge in [-0.25, -0.2) is 14.4 Å². The lowest BCUT2D eigenvalue weighted by Gasteiger charge is -2.44. The number of rotatable bonds is 8.